The van der Waals surface area contributed by atoms with Gasteiger partial charge in [-0.25, -0.2) is 0 Å². The number of ether oxygens (including phenoxy) is 11. The van der Waals surface area contributed by atoms with Gasteiger partial charge in [0.1, 0.15) is 116 Å². The van der Waals surface area contributed by atoms with E-state index in [1.54, 1.807) is 0 Å². The molecule has 2 bridgehead atoms. The van der Waals surface area contributed by atoms with Crippen molar-refractivity contribution in [3.05, 3.63) is 0 Å². The van der Waals surface area contributed by atoms with Gasteiger partial charge in [-0.3, -0.25) is 0 Å². The van der Waals surface area contributed by atoms with Gasteiger partial charge in [0.05, 0.1) is 57.5 Å². The fourth-order valence-electron chi connectivity index (χ4n) is 18.9. The van der Waals surface area contributed by atoms with Gasteiger partial charge in [-0.05, 0) is 98.2 Å². The molecule has 0 amide bonds. The Kier molecular flexibility index (Phi) is 18.1. The van der Waals surface area contributed by atoms with Crippen molar-refractivity contribution >= 4 is 6.29 Å². The molecule has 6 heterocycles. The average Bonchev–Trinajstić information content (AvgIpc) is 1.63. The normalized spacial score (nSPS) is 57.6. The minimum atomic E-state index is -2.03. The third-order valence-corrected chi connectivity index (χ3v) is 24.1. The Hall–Kier alpha value is -1.37. The quantitative estimate of drug-likeness (QED) is 0.0581. The number of hydrogen-bond acceptors (Lipinski definition) is 27. The number of aldehydes is 1. The summed E-state index contributed by atoms with van der Waals surface area (Å²) in [5.41, 5.74) is -2.88. The minimum Gasteiger partial charge on any atom is -0.394 e. The number of carbonyl (C=O) groups excluding carboxylic acids is 1. The van der Waals surface area contributed by atoms with Gasteiger partial charge in [-0.1, -0.05) is 41.5 Å². The highest BCUT2D eigenvalue weighted by Crippen LogP contribution is 2.80. The number of fused-ring (bicyclic) bond motifs is 4. The molecule has 6 aliphatic heterocycles. The summed E-state index contributed by atoms with van der Waals surface area (Å²) >= 11 is 0. The Bertz CT molecular complexity index is 2340. The molecule has 27 nitrogen and oxygen atoms in total. The molecule has 488 valence electrons. The van der Waals surface area contributed by atoms with Crippen molar-refractivity contribution in [2.45, 2.75) is 265 Å². The predicted molar refractivity (Wildman–Crippen MR) is 283 cm³/mol. The number of hydrogen-bond donors (Lipinski definition) is 15. The van der Waals surface area contributed by atoms with Crippen LogP contribution in [0.5, 0.6) is 0 Å². The standard InChI is InChI=1S/C58H94O27/c1-52(2)29-7-11-55(5)30(8-12-58-31-15-53(3,22-62)13-14-57(31,23-77-58)32(64)16-56(55,58)6)54(29,4)10-9-33(52)82-50-45(84-49-43(74)40(71)36(67)26(18-60)79-49)38(69)28(21-76-50)81-51-46(85-47-41(72)34(65)24(63)20-75-47)44(37(68)27(19-61)80-51)83-48-42(73)39(70)35(66)25(17-59)78-48/h22,24-51,59-61,63-74H,7-21,23H2,1-6H3/t24-,25-,26-,27-,28+,29+,30-,31-,32-,33+,34+,35-,36-,37-,38+,39+,40+,41-,42-,43-,44+,45-,46-,47+,48+,49+,50+,51+,53+,54+,55-,56+,57-,58+/m1/s1. The summed E-state index contributed by atoms with van der Waals surface area (Å²) in [6.07, 6.45) is -34.0. The van der Waals surface area contributed by atoms with E-state index in [0.717, 1.165) is 44.8 Å². The van der Waals surface area contributed by atoms with Gasteiger partial charge in [0.25, 0.3) is 0 Å². The Labute approximate surface area is 493 Å². The molecule has 5 aliphatic carbocycles. The number of carbonyl (C=O) groups is 1. The topological polar surface area (TPSA) is 422 Å². The van der Waals surface area contributed by atoms with Crippen LogP contribution in [0.2, 0.25) is 0 Å². The zero-order valence-electron chi connectivity index (χ0n) is 49.2. The monoisotopic (exact) mass is 1220 g/mol. The molecule has 0 aromatic rings. The summed E-state index contributed by atoms with van der Waals surface area (Å²) in [5, 5.41) is 165. The molecular weight excluding hydrogens is 1130 g/mol. The first-order valence-corrected chi connectivity index (χ1v) is 30.6. The van der Waals surface area contributed by atoms with Crippen LogP contribution in [-0.2, 0) is 56.9 Å². The highest BCUT2D eigenvalue weighted by Gasteiger charge is 2.80. The molecular formula is C58H94O27. The number of aliphatic hydroxyl groups excluding tert-OH is 15. The maximum atomic E-state index is 12.7. The lowest BCUT2D eigenvalue weighted by Gasteiger charge is -2.75. The Morgan fingerprint density at radius 3 is 1.67 bits per heavy atom. The van der Waals surface area contributed by atoms with Gasteiger partial charge >= 0.3 is 0 Å². The van der Waals surface area contributed by atoms with Crippen molar-refractivity contribution in [1.29, 1.82) is 0 Å². The molecule has 11 rings (SSSR count). The van der Waals surface area contributed by atoms with Crippen molar-refractivity contribution in [3.63, 3.8) is 0 Å². The van der Waals surface area contributed by atoms with Gasteiger partial charge in [0.15, 0.2) is 31.5 Å². The van der Waals surface area contributed by atoms with Crippen LogP contribution in [0.4, 0.5) is 0 Å². The van der Waals surface area contributed by atoms with E-state index in [-0.39, 0.29) is 34.0 Å². The fourth-order valence-corrected chi connectivity index (χ4v) is 18.9. The maximum absolute atomic E-state index is 12.7. The van der Waals surface area contributed by atoms with E-state index >= 15 is 0 Å². The van der Waals surface area contributed by atoms with Crippen molar-refractivity contribution in [2.24, 2.45) is 50.2 Å². The molecule has 5 saturated carbocycles. The summed E-state index contributed by atoms with van der Waals surface area (Å²) in [6.45, 7) is 10.3. The molecule has 11 aliphatic rings. The lowest BCUT2D eigenvalue weighted by molar-refractivity contribution is -0.404. The average molecular weight is 1220 g/mol. The van der Waals surface area contributed by atoms with Crippen molar-refractivity contribution in [1.82, 2.24) is 0 Å². The van der Waals surface area contributed by atoms with E-state index in [9.17, 15) is 81.4 Å². The van der Waals surface area contributed by atoms with E-state index in [4.69, 9.17) is 52.1 Å². The number of rotatable bonds is 14. The molecule has 27 heteroatoms. The summed E-state index contributed by atoms with van der Waals surface area (Å²) < 4.78 is 68.6. The van der Waals surface area contributed by atoms with E-state index in [2.05, 4.69) is 34.6 Å². The van der Waals surface area contributed by atoms with E-state index in [1.807, 2.05) is 6.92 Å². The second-order valence-electron chi connectivity index (χ2n) is 28.6. The minimum absolute atomic E-state index is 0.0397. The van der Waals surface area contributed by atoms with Crippen LogP contribution in [0.25, 0.3) is 0 Å². The first kappa shape index (κ1) is 65.1. The third-order valence-electron chi connectivity index (χ3n) is 24.1. The van der Waals surface area contributed by atoms with Crippen LogP contribution >= 0.6 is 0 Å². The zero-order valence-corrected chi connectivity index (χ0v) is 49.2. The van der Waals surface area contributed by atoms with Crippen LogP contribution in [0, 0.1) is 50.2 Å². The third kappa shape index (κ3) is 10.2. The van der Waals surface area contributed by atoms with Crippen LogP contribution in [0.15, 0.2) is 0 Å². The van der Waals surface area contributed by atoms with Crippen LogP contribution < -0.4 is 0 Å². The van der Waals surface area contributed by atoms with Gasteiger partial charge in [-0.15, -0.1) is 0 Å². The molecule has 0 aromatic heterocycles. The molecule has 0 aromatic carbocycles. The highest BCUT2D eigenvalue weighted by molar-refractivity contribution is 5.59. The molecule has 11 fully saturated rings. The van der Waals surface area contributed by atoms with E-state index in [0.29, 0.717) is 32.3 Å². The second kappa shape index (κ2) is 23.6. The van der Waals surface area contributed by atoms with Crippen LogP contribution in [-0.4, -0.2) is 282 Å². The van der Waals surface area contributed by atoms with Gasteiger partial charge in [-0.2, -0.15) is 0 Å². The summed E-state index contributed by atoms with van der Waals surface area (Å²) in [5.74, 6) is 0.317. The Morgan fingerprint density at radius 2 is 1.05 bits per heavy atom. The first-order valence-electron chi connectivity index (χ1n) is 30.6. The fraction of sp³-hybridized carbons (Fsp3) is 0.983. The molecule has 0 unspecified atom stereocenters. The van der Waals surface area contributed by atoms with E-state index < -0.39 is 208 Å². The molecule has 34 atom stereocenters. The van der Waals surface area contributed by atoms with Gasteiger partial charge in [0, 0.05) is 16.2 Å². The number of aliphatic hydroxyl groups is 15. The summed E-state index contributed by atoms with van der Waals surface area (Å²) in [7, 11) is 0. The lowest BCUT2D eigenvalue weighted by atomic mass is 9.30. The SMILES string of the molecule is CC1(C)[C@@H](O[C@@H]2OC[C@H](O[C@@H]3O[C@H](CO)[C@@H](O)[C@H](O[C@@H]4O[C@H](CO)[C@@H](O)[C@H](O)[C@H]4O)[C@H]3O[C@@H]3OC[C@@H](O)[C@H](O)[C@H]3O)[C@H](O)[C@H]2O[C@@H]2O[C@H](CO)[C@@H](O)[C@H](O)[C@H]2O)CC[C@]2(C)[C@H]3CC[C@]45OC[C@@]6(CC[C@](C)(C=O)C[C@H]64)[C@H](O)C[C@@]5(C)[C@]3(C)CC[C@@H]12. The Balaban J connectivity index is 0.868. The summed E-state index contributed by atoms with van der Waals surface area (Å²) in [6, 6.07) is 0. The van der Waals surface area contributed by atoms with Gasteiger partial charge < -0.3 is 133 Å². The van der Waals surface area contributed by atoms with Gasteiger partial charge in [0.2, 0.25) is 0 Å². The molecule has 85 heavy (non-hydrogen) atoms. The van der Waals surface area contributed by atoms with E-state index in [1.165, 1.54) is 0 Å². The molecule has 6 saturated heterocycles. The molecule has 15 N–H and O–H groups in total. The zero-order chi connectivity index (χ0) is 61.5. The van der Waals surface area contributed by atoms with Crippen LogP contribution in [0.3, 0.4) is 0 Å². The smallest absolute Gasteiger partial charge is 0.187 e. The van der Waals surface area contributed by atoms with Crippen LogP contribution in [0.1, 0.15) is 106 Å². The molecule has 1 spiro atoms. The first-order chi connectivity index (χ1) is 40.0. The molecule has 0 radical (unpaired) electrons. The second-order valence-corrected chi connectivity index (χ2v) is 28.6. The maximum Gasteiger partial charge on any atom is 0.187 e. The van der Waals surface area contributed by atoms with Crippen molar-refractivity contribution < 1.29 is 133 Å². The lowest BCUT2D eigenvalue weighted by Crippen LogP contribution is -2.74. The van der Waals surface area contributed by atoms with Crippen molar-refractivity contribution in [3.8, 4) is 0 Å². The summed E-state index contributed by atoms with van der Waals surface area (Å²) in [4.78, 5) is 12.6. The largest absolute Gasteiger partial charge is 0.394 e. The Morgan fingerprint density at radius 1 is 0.482 bits per heavy atom. The highest BCUT2D eigenvalue weighted by atomic mass is 16.8. The predicted octanol–water partition coefficient (Wildman–Crippen LogP) is -4.07. The van der Waals surface area contributed by atoms with Crippen molar-refractivity contribution in [2.75, 3.05) is 39.6 Å².